The second-order valence-corrected chi connectivity index (χ2v) is 5.64. The highest BCUT2D eigenvalue weighted by atomic mass is 32.2. The highest BCUT2D eigenvalue weighted by Gasteiger charge is 1.97. The first-order valence-corrected chi connectivity index (χ1v) is 7.21. The summed E-state index contributed by atoms with van der Waals surface area (Å²) in [6, 6.07) is 6.73. The minimum Gasteiger partial charge on any atom is -0.388 e. The summed E-state index contributed by atoms with van der Waals surface area (Å²) in [7, 11) is 0. The van der Waals surface area contributed by atoms with Crippen LogP contribution >= 0.6 is 11.8 Å². The molecule has 0 fully saturated rings. The van der Waals surface area contributed by atoms with Gasteiger partial charge in [0.05, 0.1) is 5.84 Å². The van der Waals surface area contributed by atoms with Gasteiger partial charge in [0.1, 0.15) is 0 Å². The highest BCUT2D eigenvalue weighted by Crippen LogP contribution is 2.17. The number of thioether (sulfide) groups is 1. The molecule has 3 heteroatoms. The van der Waals surface area contributed by atoms with E-state index >= 15 is 0 Å². The monoisotopic (exact) mass is 250 g/mol. The van der Waals surface area contributed by atoms with Crippen molar-refractivity contribution in [2.75, 3.05) is 5.75 Å². The zero-order valence-electron chi connectivity index (χ0n) is 10.8. The van der Waals surface area contributed by atoms with E-state index in [0.717, 1.165) is 30.8 Å². The largest absolute Gasteiger partial charge is 0.388 e. The van der Waals surface area contributed by atoms with Gasteiger partial charge in [-0.05, 0) is 38.0 Å². The van der Waals surface area contributed by atoms with Crippen LogP contribution in [0.4, 0.5) is 0 Å². The van der Waals surface area contributed by atoms with Gasteiger partial charge < -0.3 is 5.73 Å². The molecule has 0 spiro atoms. The van der Waals surface area contributed by atoms with Crippen LogP contribution in [0.3, 0.4) is 0 Å². The molecule has 1 aromatic rings. The number of hydrogen-bond acceptors (Lipinski definition) is 2. The minimum atomic E-state index is 0.310. The summed E-state index contributed by atoms with van der Waals surface area (Å²) < 4.78 is 0. The summed E-state index contributed by atoms with van der Waals surface area (Å²) in [6.45, 7) is 4.29. The fourth-order valence-corrected chi connectivity index (χ4v) is 2.82. The lowest BCUT2D eigenvalue weighted by molar-refractivity contribution is 0.836. The van der Waals surface area contributed by atoms with Crippen molar-refractivity contribution in [1.29, 1.82) is 5.41 Å². The van der Waals surface area contributed by atoms with Gasteiger partial charge in [-0.2, -0.15) is 11.8 Å². The van der Waals surface area contributed by atoms with Crippen LogP contribution in [-0.2, 0) is 5.75 Å². The lowest BCUT2D eigenvalue weighted by Gasteiger charge is -2.05. The van der Waals surface area contributed by atoms with Crippen LogP contribution in [0.2, 0.25) is 0 Å². The summed E-state index contributed by atoms with van der Waals surface area (Å²) in [5.74, 6) is 2.55. The number of aryl methyl sites for hydroxylation is 2. The van der Waals surface area contributed by atoms with Crippen LogP contribution < -0.4 is 5.73 Å². The number of hydrogen-bond donors (Lipinski definition) is 2. The molecule has 0 unspecified atom stereocenters. The maximum atomic E-state index is 7.13. The zero-order valence-corrected chi connectivity index (χ0v) is 11.6. The second-order valence-electron chi connectivity index (χ2n) is 4.53. The molecular formula is C14H22N2S. The lowest BCUT2D eigenvalue weighted by Crippen LogP contribution is -2.08. The summed E-state index contributed by atoms with van der Waals surface area (Å²) in [5.41, 5.74) is 9.41. The first kappa shape index (κ1) is 14.1. The topological polar surface area (TPSA) is 49.9 Å². The molecule has 3 N–H and O–H groups in total. The number of nitrogens with one attached hydrogen (secondary N) is 1. The van der Waals surface area contributed by atoms with Gasteiger partial charge in [0.25, 0.3) is 0 Å². The second kappa shape index (κ2) is 7.38. The Morgan fingerprint density at radius 3 is 2.41 bits per heavy atom. The van der Waals surface area contributed by atoms with Gasteiger partial charge in [-0.1, -0.05) is 29.3 Å². The summed E-state index contributed by atoms with van der Waals surface area (Å²) >= 11 is 1.96. The standard InChI is InChI=1S/C14H22N2S/c1-11-7-12(2)9-13(8-11)10-17-6-4-3-5-14(15)16/h7-9H,3-6,10H2,1-2H3,(H3,15,16). The van der Waals surface area contributed by atoms with Crippen molar-refractivity contribution >= 4 is 17.6 Å². The average molecular weight is 250 g/mol. The molecule has 0 saturated carbocycles. The number of benzene rings is 1. The third-order valence-corrected chi connectivity index (χ3v) is 3.65. The van der Waals surface area contributed by atoms with E-state index in [4.69, 9.17) is 11.1 Å². The molecule has 1 rings (SSSR count). The Morgan fingerprint density at radius 1 is 1.18 bits per heavy atom. The van der Waals surface area contributed by atoms with E-state index in [1.807, 2.05) is 11.8 Å². The van der Waals surface area contributed by atoms with Crippen molar-refractivity contribution in [2.45, 2.75) is 38.9 Å². The van der Waals surface area contributed by atoms with E-state index in [0.29, 0.717) is 5.84 Å². The molecule has 0 amide bonds. The molecule has 0 atom stereocenters. The van der Waals surface area contributed by atoms with Crippen LogP contribution in [0, 0.1) is 19.3 Å². The molecule has 0 aliphatic rings. The normalized spacial score (nSPS) is 10.5. The fraction of sp³-hybridized carbons (Fsp3) is 0.500. The molecule has 0 aliphatic carbocycles. The van der Waals surface area contributed by atoms with Gasteiger partial charge in [-0.25, -0.2) is 0 Å². The van der Waals surface area contributed by atoms with Gasteiger partial charge in [-0.15, -0.1) is 0 Å². The molecular weight excluding hydrogens is 228 g/mol. The third kappa shape index (κ3) is 6.37. The van der Waals surface area contributed by atoms with E-state index in [1.54, 1.807) is 0 Å². The Kier molecular flexibility index (Phi) is 6.12. The Bertz CT molecular complexity index is 354. The van der Waals surface area contributed by atoms with Crippen molar-refractivity contribution in [2.24, 2.45) is 5.73 Å². The van der Waals surface area contributed by atoms with Crippen LogP contribution in [-0.4, -0.2) is 11.6 Å². The van der Waals surface area contributed by atoms with Crippen molar-refractivity contribution in [3.8, 4) is 0 Å². The number of unbranched alkanes of at least 4 members (excludes halogenated alkanes) is 1. The van der Waals surface area contributed by atoms with Crippen molar-refractivity contribution in [1.82, 2.24) is 0 Å². The zero-order chi connectivity index (χ0) is 12.7. The minimum absolute atomic E-state index is 0.310. The number of nitrogens with two attached hydrogens (primary N) is 1. The lowest BCUT2D eigenvalue weighted by atomic mass is 10.1. The quantitative estimate of drug-likeness (QED) is 0.441. The first-order chi connectivity index (χ1) is 8.08. The van der Waals surface area contributed by atoms with Gasteiger partial charge in [0.2, 0.25) is 0 Å². The fourth-order valence-electron chi connectivity index (χ4n) is 1.86. The maximum absolute atomic E-state index is 7.13. The van der Waals surface area contributed by atoms with Crippen molar-refractivity contribution in [3.63, 3.8) is 0 Å². The summed E-state index contributed by atoms with van der Waals surface area (Å²) in [5, 5.41) is 7.13. The first-order valence-electron chi connectivity index (χ1n) is 6.06. The third-order valence-electron chi connectivity index (χ3n) is 2.53. The molecule has 2 nitrogen and oxygen atoms in total. The Hall–Kier alpha value is -0.960. The molecule has 1 aromatic carbocycles. The molecule has 0 aromatic heterocycles. The van der Waals surface area contributed by atoms with E-state index in [2.05, 4.69) is 32.0 Å². The average Bonchev–Trinajstić information content (AvgIpc) is 2.21. The van der Waals surface area contributed by atoms with Gasteiger partial charge in [0.15, 0.2) is 0 Å². The van der Waals surface area contributed by atoms with Crippen LogP contribution in [0.1, 0.15) is 36.0 Å². The van der Waals surface area contributed by atoms with E-state index in [1.165, 1.54) is 16.7 Å². The molecule has 94 valence electrons. The molecule has 0 heterocycles. The van der Waals surface area contributed by atoms with E-state index in [9.17, 15) is 0 Å². The molecule has 0 radical (unpaired) electrons. The number of rotatable bonds is 7. The smallest absolute Gasteiger partial charge is 0.0905 e. The predicted molar refractivity (Wildman–Crippen MR) is 77.8 cm³/mol. The van der Waals surface area contributed by atoms with Crippen LogP contribution in [0.15, 0.2) is 18.2 Å². The SMILES string of the molecule is Cc1cc(C)cc(CSCCCCC(=N)N)c1. The predicted octanol–water partition coefficient (Wildman–Crippen LogP) is 3.64. The van der Waals surface area contributed by atoms with Crippen LogP contribution in [0.5, 0.6) is 0 Å². The molecule has 0 aliphatic heterocycles. The highest BCUT2D eigenvalue weighted by molar-refractivity contribution is 7.98. The summed E-state index contributed by atoms with van der Waals surface area (Å²) in [6.07, 6.45) is 2.92. The number of amidine groups is 1. The van der Waals surface area contributed by atoms with Gasteiger partial charge >= 0.3 is 0 Å². The molecule has 0 saturated heterocycles. The van der Waals surface area contributed by atoms with Gasteiger partial charge in [0, 0.05) is 12.2 Å². The summed E-state index contributed by atoms with van der Waals surface area (Å²) in [4.78, 5) is 0. The molecule has 0 bridgehead atoms. The van der Waals surface area contributed by atoms with E-state index in [-0.39, 0.29) is 0 Å². The Morgan fingerprint density at radius 2 is 1.82 bits per heavy atom. The van der Waals surface area contributed by atoms with Gasteiger partial charge in [-0.3, -0.25) is 5.41 Å². The van der Waals surface area contributed by atoms with Crippen molar-refractivity contribution < 1.29 is 0 Å². The van der Waals surface area contributed by atoms with Crippen molar-refractivity contribution in [3.05, 3.63) is 34.9 Å². The Balaban J connectivity index is 2.20. The molecule has 17 heavy (non-hydrogen) atoms. The van der Waals surface area contributed by atoms with Crippen LogP contribution in [0.25, 0.3) is 0 Å². The maximum Gasteiger partial charge on any atom is 0.0905 e. The Labute approximate surface area is 108 Å². The van der Waals surface area contributed by atoms with E-state index < -0.39 is 0 Å².